The molecule has 7 aromatic rings. The molecule has 7 heterocycles. The number of phenolic OH excluding ortho intramolecular Hbond substituents is 6. The number of amides is 7. The second-order valence-electron chi connectivity index (χ2n) is 27.3. The van der Waals surface area contributed by atoms with Crippen LogP contribution in [0.15, 0.2) is 109 Å². The number of nitrogens with two attached hydrogens (primary N) is 1. The Kier molecular flexibility index (Phi) is 23.3. The topological polar surface area (TPSA) is 414 Å². The molecule has 1 saturated heterocycles. The lowest BCUT2D eigenvalue weighted by atomic mass is 9.87. The first-order chi connectivity index (χ1) is 50.9. The van der Waals surface area contributed by atoms with E-state index in [0.717, 1.165) is 101 Å². The number of aliphatic hydroxyl groups is 1. The fraction of sp³-hybridized carbons (Fsp3) is 0.364. The Morgan fingerprint density at radius 1 is 0.566 bits per heavy atom. The fourth-order valence-electron chi connectivity index (χ4n) is 14.0. The third kappa shape index (κ3) is 16.7. The molecule has 7 aromatic carbocycles. The van der Waals surface area contributed by atoms with E-state index >= 15 is 28.8 Å². The molecule has 2 unspecified atom stereocenters. The average Bonchev–Trinajstić information content (AvgIpc) is 0.752. The van der Waals surface area contributed by atoms with Crippen molar-refractivity contribution in [1.82, 2.24) is 47.4 Å². The van der Waals surface area contributed by atoms with Crippen molar-refractivity contribution in [2.75, 3.05) is 26.2 Å². The molecular formula is C77H84Cl2N10O17. The number of likely N-dealkylation sites (tertiary alicyclic amines) is 1. The Balaban J connectivity index is 1.02. The average molecular weight is 1490 g/mol. The lowest BCUT2D eigenvalue weighted by Crippen LogP contribution is -2.56. The highest BCUT2D eigenvalue weighted by molar-refractivity contribution is 6.32. The maximum atomic E-state index is 16.2. The van der Waals surface area contributed by atoms with Gasteiger partial charge in [-0.05, 0) is 164 Å². The Labute approximate surface area is 620 Å². The first-order valence-corrected chi connectivity index (χ1v) is 36.2. The van der Waals surface area contributed by atoms with Gasteiger partial charge in [0.1, 0.15) is 88.6 Å². The van der Waals surface area contributed by atoms with Crippen LogP contribution in [0.25, 0.3) is 11.1 Å². The van der Waals surface area contributed by atoms with E-state index in [4.69, 9.17) is 43.1 Å². The van der Waals surface area contributed by atoms with E-state index in [1.165, 1.54) is 78.9 Å². The number of nitrogens with one attached hydrogen (secondary N) is 8. The number of ether oxygens (including phenoxy) is 3. The molecule has 27 nitrogen and oxygen atoms in total. The molecule has 558 valence electrons. The largest absolute Gasteiger partial charge is 0.508 e. The predicted molar refractivity (Wildman–Crippen MR) is 390 cm³/mol. The number of hydrogen-bond acceptors (Lipinski definition) is 20. The predicted octanol–water partition coefficient (Wildman–Crippen LogP) is 9.12. The molecule has 9 atom stereocenters. The van der Waals surface area contributed by atoms with E-state index < -0.39 is 136 Å². The van der Waals surface area contributed by atoms with Crippen LogP contribution in [0.4, 0.5) is 0 Å². The van der Waals surface area contributed by atoms with Crippen LogP contribution >= 0.6 is 23.2 Å². The molecule has 0 aromatic heterocycles. The lowest BCUT2D eigenvalue weighted by Gasteiger charge is -2.33. The van der Waals surface area contributed by atoms with Crippen LogP contribution in [0, 0.1) is 0 Å². The molecule has 0 radical (unpaired) electrons. The Hall–Kier alpha value is -10.6. The number of piperidine rings is 1. The molecule has 7 amide bonds. The Morgan fingerprint density at radius 2 is 1.20 bits per heavy atom. The van der Waals surface area contributed by atoms with Crippen molar-refractivity contribution in [2.24, 2.45) is 5.73 Å². The standard InChI is InChI=1S/C77H84Cl2N10O17/c1-3-4-5-6-7-8-10-22-81-37-49-55(93)36-48-61(69(49)95)47-30-41(16-18-53(47)91)63-74(100)88-67(77(103)87-66(48)73(99)82-23-12-25-89-24-11-9-13-38(89)2)68(94)42-17-21-57(51(79)31-42)106-60-34-44-33-59(70(60)96)105-56-20-14-39(26-50(56)78)27-52-71(97)84-64(75(101)86-65(44)76(102)85-63)43-28-45(90)35-46(29-43)104-58-32-40(15-19-54(58)92)62(80)72(98)83-52/h14-21,26,28-36,38,52,62-68,81,90-96H,3-13,22-25,27,37,80H2,1-2H3,(H,82,99)(H,83,98)(H,84,97)(H,85,102)(H,86,101)(H,87,103)(H,88,100)/t38?,52-,62-,63-,64-,65-,66-,67-,68?/m0/s1. The van der Waals surface area contributed by atoms with Gasteiger partial charge in [-0.2, -0.15) is 0 Å². The van der Waals surface area contributed by atoms with Crippen molar-refractivity contribution in [2.45, 2.75) is 152 Å². The highest BCUT2D eigenvalue weighted by Crippen LogP contribution is 2.49. The number of carbonyl (C=O) groups is 7. The molecule has 1 fully saturated rings. The van der Waals surface area contributed by atoms with E-state index in [1.54, 1.807) is 0 Å². The van der Waals surface area contributed by atoms with E-state index in [1.807, 2.05) is 0 Å². The second-order valence-corrected chi connectivity index (χ2v) is 28.2. The lowest BCUT2D eigenvalue weighted by molar-refractivity contribution is -0.137. The molecule has 17 bridgehead atoms. The van der Waals surface area contributed by atoms with Crippen LogP contribution < -0.4 is 62.5 Å². The van der Waals surface area contributed by atoms with Crippen molar-refractivity contribution < 1.29 is 83.5 Å². The van der Waals surface area contributed by atoms with Crippen molar-refractivity contribution in [3.05, 3.63) is 164 Å². The minimum absolute atomic E-state index is 0.0790. The smallest absolute Gasteiger partial charge is 0.248 e. The highest BCUT2D eigenvalue weighted by Gasteiger charge is 2.42. The Morgan fingerprint density at radius 3 is 1.91 bits per heavy atom. The SMILES string of the molecule is CCCCCCCCCNCc1c(O)cc2c(c1O)-c1cc(ccc1O)[C@@H]1NC(=O)[C@H]3NC(=O)[C@H]4NC(=O)[C@H](Cc5ccc(c(Cl)c5)Oc5cc3cc(c5O)Oc3ccc(cc3Cl)C(O)[C@H](NC1=O)C(=O)N[C@@H]2C(=O)NCCCN1CCCCC1C)NC(=O)[C@@H](N)c1ccc(O)c(c1)Oc1cc(O)cc4c1. The molecule has 14 rings (SSSR count). The van der Waals surface area contributed by atoms with Gasteiger partial charge in [0, 0.05) is 49.3 Å². The van der Waals surface area contributed by atoms with Crippen molar-refractivity contribution in [1.29, 1.82) is 0 Å². The summed E-state index contributed by atoms with van der Waals surface area (Å²) in [6.45, 7) is 6.16. The third-order valence-corrected chi connectivity index (χ3v) is 20.5. The first kappa shape index (κ1) is 75.1. The van der Waals surface area contributed by atoms with Gasteiger partial charge in [-0.15, -0.1) is 0 Å². The molecule has 17 N–H and O–H groups in total. The third-order valence-electron chi connectivity index (χ3n) is 19.9. The zero-order chi connectivity index (χ0) is 75.2. The minimum atomic E-state index is -2.16. The monoisotopic (exact) mass is 1490 g/mol. The molecule has 0 saturated carbocycles. The van der Waals surface area contributed by atoms with E-state index in [0.29, 0.717) is 31.1 Å². The van der Waals surface area contributed by atoms with Gasteiger partial charge in [0.15, 0.2) is 23.0 Å². The van der Waals surface area contributed by atoms with E-state index in [-0.39, 0.29) is 103 Å². The fourth-order valence-corrected chi connectivity index (χ4v) is 14.5. The minimum Gasteiger partial charge on any atom is -0.508 e. The quantitative estimate of drug-likeness (QED) is 0.0425. The molecular weight excluding hydrogens is 1410 g/mol. The van der Waals surface area contributed by atoms with Crippen molar-refractivity contribution in [3.63, 3.8) is 0 Å². The Bertz CT molecular complexity index is 4560. The number of nitrogens with zero attached hydrogens (tertiary/aromatic N) is 1. The number of fused-ring (bicyclic) bond motifs is 14. The van der Waals surface area contributed by atoms with Crippen LogP contribution in [0.2, 0.25) is 10.0 Å². The van der Waals surface area contributed by atoms with Gasteiger partial charge < -0.3 is 103 Å². The summed E-state index contributed by atoms with van der Waals surface area (Å²) in [4.78, 5) is 110. The van der Waals surface area contributed by atoms with Crippen molar-refractivity contribution >= 4 is 64.6 Å². The number of halogens is 2. The molecule has 7 aliphatic rings. The summed E-state index contributed by atoms with van der Waals surface area (Å²) in [7, 11) is 0. The van der Waals surface area contributed by atoms with Gasteiger partial charge in [0.25, 0.3) is 0 Å². The first-order valence-electron chi connectivity index (χ1n) is 35.5. The number of benzene rings is 7. The highest BCUT2D eigenvalue weighted by atomic mass is 35.5. The zero-order valence-electron chi connectivity index (χ0n) is 58.1. The maximum absolute atomic E-state index is 16.2. The van der Waals surface area contributed by atoms with Crippen LogP contribution in [0.1, 0.15) is 165 Å². The van der Waals surface area contributed by atoms with Crippen LogP contribution in [-0.4, -0.2) is 126 Å². The number of phenols is 6. The summed E-state index contributed by atoms with van der Waals surface area (Å²) >= 11 is 14.0. The molecule has 29 heteroatoms. The maximum Gasteiger partial charge on any atom is 0.248 e. The number of unbranched alkanes of at least 4 members (excludes halogenated alkanes) is 6. The number of carbonyl (C=O) groups excluding carboxylic acids is 7. The summed E-state index contributed by atoms with van der Waals surface area (Å²) in [6, 6.07) is 9.27. The van der Waals surface area contributed by atoms with E-state index in [2.05, 4.69) is 61.3 Å². The van der Waals surface area contributed by atoms with Gasteiger partial charge in [0.05, 0.1) is 15.6 Å². The van der Waals surface area contributed by atoms with Gasteiger partial charge in [-0.1, -0.05) is 99.3 Å². The van der Waals surface area contributed by atoms with E-state index in [9.17, 15) is 40.5 Å². The van der Waals surface area contributed by atoms with Crippen molar-refractivity contribution in [3.8, 4) is 80.1 Å². The van der Waals surface area contributed by atoms with Gasteiger partial charge in [0.2, 0.25) is 47.1 Å². The van der Waals surface area contributed by atoms with Gasteiger partial charge in [-0.3, -0.25) is 33.6 Å². The van der Waals surface area contributed by atoms with Crippen LogP contribution in [0.5, 0.6) is 69.0 Å². The summed E-state index contributed by atoms with van der Waals surface area (Å²) in [6.07, 6.45) is 8.21. The summed E-state index contributed by atoms with van der Waals surface area (Å²) < 4.78 is 18.7. The zero-order valence-corrected chi connectivity index (χ0v) is 59.6. The van der Waals surface area contributed by atoms with Crippen LogP contribution in [-0.2, 0) is 46.5 Å². The van der Waals surface area contributed by atoms with Gasteiger partial charge >= 0.3 is 0 Å². The number of aromatic hydroxyl groups is 6. The summed E-state index contributed by atoms with van der Waals surface area (Å²) in [5, 5.41) is 106. The second kappa shape index (κ2) is 32.9. The summed E-state index contributed by atoms with van der Waals surface area (Å²) in [5.41, 5.74) is 5.17. The van der Waals surface area contributed by atoms with Gasteiger partial charge in [-0.25, -0.2) is 0 Å². The molecule has 0 aliphatic carbocycles. The molecule has 0 spiro atoms. The normalized spacial score (nSPS) is 21.8. The number of hydrogen-bond donors (Lipinski definition) is 16. The van der Waals surface area contributed by atoms with Crippen LogP contribution in [0.3, 0.4) is 0 Å². The molecule has 106 heavy (non-hydrogen) atoms. The number of rotatable bonds is 15. The molecule has 7 aliphatic heterocycles. The summed E-state index contributed by atoms with van der Waals surface area (Å²) in [5.74, 6) is -13.1. The number of aliphatic hydroxyl groups excluding tert-OH is 1.